The summed E-state index contributed by atoms with van der Waals surface area (Å²) in [5.74, 6) is 0.221. The maximum absolute atomic E-state index is 13.0. The van der Waals surface area contributed by atoms with E-state index < -0.39 is 0 Å². The van der Waals surface area contributed by atoms with Gasteiger partial charge in [0.25, 0.3) is 5.56 Å². The van der Waals surface area contributed by atoms with E-state index in [1.807, 2.05) is 0 Å². The molecule has 0 saturated heterocycles. The van der Waals surface area contributed by atoms with Crippen molar-refractivity contribution in [3.8, 4) is 5.69 Å². The number of nitrogens with zero attached hydrogens (tertiary/aromatic N) is 2. The fraction of sp³-hybridized carbons (Fsp3) is 0.250. The van der Waals surface area contributed by atoms with Crippen LogP contribution in [0.1, 0.15) is 23.3 Å². The molecule has 0 spiro atoms. The second kappa shape index (κ2) is 5.11. The summed E-state index contributed by atoms with van der Waals surface area (Å²) in [4.78, 5) is 19.5. The van der Waals surface area contributed by atoms with Gasteiger partial charge in [-0.1, -0.05) is 11.6 Å². The molecule has 1 aliphatic carbocycles. The molecule has 0 unspecified atom stereocenters. The summed E-state index contributed by atoms with van der Waals surface area (Å²) in [5.41, 5.74) is 7.83. The molecule has 2 heterocycles. The van der Waals surface area contributed by atoms with Crippen molar-refractivity contribution >= 4 is 39.1 Å². The average molecular weight is 332 g/mol. The topological polar surface area (TPSA) is 60.9 Å². The Morgan fingerprint density at radius 2 is 1.91 bits per heavy atom. The molecule has 0 aliphatic heterocycles. The number of thiophene rings is 1. The van der Waals surface area contributed by atoms with Crippen molar-refractivity contribution in [2.24, 2.45) is 0 Å². The molecular formula is C16H14ClN3OS. The van der Waals surface area contributed by atoms with E-state index in [0.717, 1.165) is 29.5 Å². The number of hydrogen-bond donors (Lipinski definition) is 1. The van der Waals surface area contributed by atoms with Crippen LogP contribution in [-0.4, -0.2) is 9.55 Å². The van der Waals surface area contributed by atoms with Gasteiger partial charge in [0.05, 0.1) is 11.1 Å². The molecule has 2 aromatic heterocycles. The summed E-state index contributed by atoms with van der Waals surface area (Å²) in [7, 11) is 0. The molecule has 0 saturated carbocycles. The third-order valence-corrected chi connectivity index (χ3v) is 5.54. The molecule has 3 aromatic rings. The Kier molecular flexibility index (Phi) is 3.20. The monoisotopic (exact) mass is 331 g/mol. The molecule has 4 rings (SSSR count). The van der Waals surface area contributed by atoms with Crippen LogP contribution in [0.15, 0.2) is 29.1 Å². The van der Waals surface area contributed by atoms with Crippen LogP contribution in [0.5, 0.6) is 0 Å². The lowest BCUT2D eigenvalue weighted by atomic mass is 9.97. The first-order valence-corrected chi connectivity index (χ1v) is 8.43. The lowest BCUT2D eigenvalue weighted by Crippen LogP contribution is -2.23. The summed E-state index contributed by atoms with van der Waals surface area (Å²) in [6, 6.07) is 7.06. The van der Waals surface area contributed by atoms with Gasteiger partial charge in [-0.3, -0.25) is 4.79 Å². The summed E-state index contributed by atoms with van der Waals surface area (Å²) in [6.07, 6.45) is 4.30. The van der Waals surface area contributed by atoms with Crippen molar-refractivity contribution in [1.82, 2.24) is 9.55 Å². The molecule has 0 fully saturated rings. The second-order valence-electron chi connectivity index (χ2n) is 5.48. The van der Waals surface area contributed by atoms with Gasteiger partial charge in [-0.25, -0.2) is 9.55 Å². The Labute approximate surface area is 136 Å². The number of benzene rings is 1. The smallest absolute Gasteiger partial charge is 0.268 e. The molecule has 22 heavy (non-hydrogen) atoms. The van der Waals surface area contributed by atoms with Crippen LogP contribution in [0.3, 0.4) is 0 Å². The van der Waals surface area contributed by atoms with E-state index in [0.29, 0.717) is 10.7 Å². The van der Waals surface area contributed by atoms with Gasteiger partial charge in [0.1, 0.15) is 4.83 Å². The molecule has 0 radical (unpaired) electrons. The van der Waals surface area contributed by atoms with Gasteiger partial charge in [-0.15, -0.1) is 11.3 Å². The van der Waals surface area contributed by atoms with Crippen LogP contribution < -0.4 is 11.3 Å². The van der Waals surface area contributed by atoms with E-state index in [1.54, 1.807) is 35.6 Å². The molecule has 112 valence electrons. The quantitative estimate of drug-likeness (QED) is 0.741. The van der Waals surface area contributed by atoms with Crippen LogP contribution in [0.2, 0.25) is 5.02 Å². The standard InChI is InChI=1S/C16H14ClN3OS/c17-9-5-7-10(8-6-9)20-15(21)13-11-3-1-2-4-12(11)22-14(13)19-16(20)18/h5-8H,1-4H2,(H2,18,19). The van der Waals surface area contributed by atoms with Crippen LogP contribution in [-0.2, 0) is 12.8 Å². The highest BCUT2D eigenvalue weighted by Crippen LogP contribution is 2.34. The molecule has 0 bridgehead atoms. The van der Waals surface area contributed by atoms with Crippen LogP contribution in [0, 0.1) is 0 Å². The van der Waals surface area contributed by atoms with Gasteiger partial charge in [0, 0.05) is 9.90 Å². The Balaban J connectivity index is 2.03. The number of anilines is 1. The zero-order valence-electron chi connectivity index (χ0n) is 11.8. The van der Waals surface area contributed by atoms with Crippen molar-refractivity contribution in [3.63, 3.8) is 0 Å². The molecule has 4 nitrogen and oxygen atoms in total. The van der Waals surface area contributed by atoms with Gasteiger partial charge >= 0.3 is 0 Å². The number of fused-ring (bicyclic) bond motifs is 3. The fourth-order valence-corrected chi connectivity index (χ4v) is 4.45. The highest BCUT2D eigenvalue weighted by Gasteiger charge is 2.21. The third-order valence-electron chi connectivity index (χ3n) is 4.10. The van der Waals surface area contributed by atoms with Gasteiger partial charge < -0.3 is 5.73 Å². The first-order valence-electron chi connectivity index (χ1n) is 7.24. The van der Waals surface area contributed by atoms with E-state index in [1.165, 1.54) is 21.4 Å². The van der Waals surface area contributed by atoms with Crippen molar-refractivity contribution in [2.75, 3.05) is 5.73 Å². The molecule has 0 atom stereocenters. The first-order chi connectivity index (χ1) is 10.6. The van der Waals surface area contributed by atoms with E-state index >= 15 is 0 Å². The predicted octanol–water partition coefficient (Wildman–Crippen LogP) is 3.56. The van der Waals surface area contributed by atoms with Crippen molar-refractivity contribution in [3.05, 3.63) is 50.1 Å². The van der Waals surface area contributed by atoms with Crippen LogP contribution in [0.25, 0.3) is 15.9 Å². The molecule has 1 aromatic carbocycles. The minimum Gasteiger partial charge on any atom is -0.369 e. The van der Waals surface area contributed by atoms with Gasteiger partial charge in [0.15, 0.2) is 0 Å². The van der Waals surface area contributed by atoms with Crippen molar-refractivity contribution < 1.29 is 0 Å². The lowest BCUT2D eigenvalue weighted by molar-refractivity contribution is 0.699. The largest absolute Gasteiger partial charge is 0.369 e. The predicted molar refractivity (Wildman–Crippen MR) is 91.3 cm³/mol. The SMILES string of the molecule is Nc1nc2sc3c(c2c(=O)n1-c1ccc(Cl)cc1)CCCC3. The Bertz CT molecular complexity index is 927. The Morgan fingerprint density at radius 1 is 1.18 bits per heavy atom. The van der Waals surface area contributed by atoms with Gasteiger partial charge in [-0.05, 0) is 55.5 Å². The molecule has 6 heteroatoms. The van der Waals surface area contributed by atoms with Crippen molar-refractivity contribution in [1.29, 1.82) is 0 Å². The van der Waals surface area contributed by atoms with E-state index in [-0.39, 0.29) is 11.5 Å². The maximum atomic E-state index is 13.0. The minimum atomic E-state index is -0.0794. The normalized spacial score (nSPS) is 14.2. The molecule has 0 amide bonds. The zero-order chi connectivity index (χ0) is 15.3. The summed E-state index contributed by atoms with van der Waals surface area (Å²) < 4.78 is 1.47. The summed E-state index contributed by atoms with van der Waals surface area (Å²) >= 11 is 7.53. The highest BCUT2D eigenvalue weighted by molar-refractivity contribution is 7.18. The Morgan fingerprint density at radius 3 is 2.68 bits per heavy atom. The number of nitrogens with two attached hydrogens (primary N) is 1. The number of rotatable bonds is 1. The highest BCUT2D eigenvalue weighted by atomic mass is 35.5. The van der Waals surface area contributed by atoms with E-state index in [2.05, 4.69) is 4.98 Å². The number of nitrogen functional groups attached to an aromatic ring is 1. The van der Waals surface area contributed by atoms with Crippen molar-refractivity contribution in [2.45, 2.75) is 25.7 Å². The van der Waals surface area contributed by atoms with Gasteiger partial charge in [-0.2, -0.15) is 0 Å². The molecule has 1 aliphatic rings. The molecule has 2 N–H and O–H groups in total. The zero-order valence-corrected chi connectivity index (χ0v) is 13.4. The van der Waals surface area contributed by atoms with Crippen LogP contribution >= 0.6 is 22.9 Å². The van der Waals surface area contributed by atoms with E-state index in [9.17, 15) is 4.79 Å². The minimum absolute atomic E-state index is 0.0794. The number of halogens is 1. The maximum Gasteiger partial charge on any atom is 0.268 e. The van der Waals surface area contributed by atoms with Crippen LogP contribution in [0.4, 0.5) is 5.95 Å². The fourth-order valence-electron chi connectivity index (χ4n) is 3.06. The molecular weight excluding hydrogens is 318 g/mol. The van der Waals surface area contributed by atoms with Gasteiger partial charge in [0.2, 0.25) is 5.95 Å². The summed E-state index contributed by atoms with van der Waals surface area (Å²) in [5, 5.41) is 1.36. The summed E-state index contributed by atoms with van der Waals surface area (Å²) in [6.45, 7) is 0. The number of aromatic nitrogens is 2. The number of hydrogen-bond acceptors (Lipinski definition) is 4. The van der Waals surface area contributed by atoms with E-state index in [4.69, 9.17) is 17.3 Å². The Hall–Kier alpha value is -1.85. The second-order valence-corrected chi connectivity index (χ2v) is 7.00. The first kappa shape index (κ1) is 13.8. The number of aryl methyl sites for hydroxylation is 2. The lowest BCUT2D eigenvalue weighted by Gasteiger charge is -2.11. The third kappa shape index (κ3) is 2.04. The average Bonchev–Trinajstić information content (AvgIpc) is 2.87.